The minimum Gasteiger partial charge on any atom is -0.489 e. The number of ether oxygens (including phenoxy) is 1. The van der Waals surface area contributed by atoms with Crippen molar-refractivity contribution < 1.29 is 13.5 Å². The molecule has 0 aliphatic rings. The molecule has 5 heteroatoms. The minimum absolute atomic E-state index is 0.0392. The van der Waals surface area contributed by atoms with E-state index < -0.39 is 5.82 Å². The third-order valence-electron chi connectivity index (χ3n) is 3.01. The van der Waals surface area contributed by atoms with Crippen LogP contribution < -0.4 is 10.5 Å². The number of nitrogens with two attached hydrogens (primary N) is 1. The van der Waals surface area contributed by atoms with Gasteiger partial charge in [0, 0.05) is 11.6 Å². The molecule has 1 unspecified atom stereocenters. The highest BCUT2D eigenvalue weighted by molar-refractivity contribution is 5.37. The Balaban J connectivity index is 2.19. The summed E-state index contributed by atoms with van der Waals surface area (Å²) >= 11 is 0. The Morgan fingerprint density at radius 3 is 2.67 bits per heavy atom. The average molecular weight is 288 g/mol. The topological polar surface area (TPSA) is 59.0 Å². The zero-order chi connectivity index (χ0) is 15.4. The van der Waals surface area contributed by atoms with Crippen molar-refractivity contribution >= 4 is 0 Å². The van der Waals surface area contributed by atoms with E-state index in [1.165, 1.54) is 36.4 Å². The van der Waals surface area contributed by atoms with Gasteiger partial charge in [-0.05, 0) is 42.8 Å². The molecule has 2 aromatic carbocycles. The standard InChI is InChI=1S/C16H14F2N2O/c1-10(20)14-7-13(17)3-5-16(14)21-9-11-2-4-15(18)12(6-11)8-19/h2-7,10H,9,20H2,1H3. The maximum atomic E-state index is 13.2. The fourth-order valence-corrected chi connectivity index (χ4v) is 1.92. The quantitative estimate of drug-likeness (QED) is 0.937. The third-order valence-corrected chi connectivity index (χ3v) is 3.01. The summed E-state index contributed by atoms with van der Waals surface area (Å²) in [6.45, 7) is 1.87. The number of hydrogen-bond donors (Lipinski definition) is 1. The molecule has 108 valence electrons. The van der Waals surface area contributed by atoms with Crippen LogP contribution in [0.15, 0.2) is 36.4 Å². The molecule has 0 saturated heterocycles. The second kappa shape index (κ2) is 6.33. The van der Waals surface area contributed by atoms with Gasteiger partial charge < -0.3 is 10.5 Å². The predicted molar refractivity (Wildman–Crippen MR) is 74.4 cm³/mol. The smallest absolute Gasteiger partial charge is 0.140 e. The minimum atomic E-state index is -0.570. The van der Waals surface area contributed by atoms with Gasteiger partial charge >= 0.3 is 0 Å². The monoisotopic (exact) mass is 288 g/mol. The van der Waals surface area contributed by atoms with Crippen LogP contribution in [-0.4, -0.2) is 0 Å². The van der Waals surface area contributed by atoms with Crippen molar-refractivity contribution in [1.82, 2.24) is 0 Å². The number of hydrogen-bond acceptors (Lipinski definition) is 3. The Bertz CT molecular complexity index is 693. The zero-order valence-electron chi connectivity index (χ0n) is 11.4. The molecular formula is C16H14F2N2O. The molecule has 0 bridgehead atoms. The largest absolute Gasteiger partial charge is 0.489 e. The van der Waals surface area contributed by atoms with Crippen molar-refractivity contribution in [2.75, 3.05) is 0 Å². The molecule has 0 aliphatic heterocycles. The van der Waals surface area contributed by atoms with Crippen LogP contribution in [0.25, 0.3) is 0 Å². The lowest BCUT2D eigenvalue weighted by Crippen LogP contribution is -2.08. The summed E-state index contributed by atoms with van der Waals surface area (Å²) in [5, 5.41) is 8.79. The molecule has 0 fully saturated rings. The van der Waals surface area contributed by atoms with Crippen molar-refractivity contribution in [3.05, 3.63) is 64.7 Å². The van der Waals surface area contributed by atoms with Crippen LogP contribution in [-0.2, 0) is 6.61 Å². The molecule has 0 saturated carbocycles. The van der Waals surface area contributed by atoms with Gasteiger partial charge in [-0.2, -0.15) is 5.26 Å². The molecular weight excluding hydrogens is 274 g/mol. The fraction of sp³-hybridized carbons (Fsp3) is 0.188. The Hall–Kier alpha value is -2.45. The van der Waals surface area contributed by atoms with E-state index in [0.717, 1.165) is 0 Å². The van der Waals surface area contributed by atoms with Crippen molar-refractivity contribution in [3.8, 4) is 11.8 Å². The second-order valence-corrected chi connectivity index (χ2v) is 4.69. The van der Waals surface area contributed by atoms with Gasteiger partial charge in [0.25, 0.3) is 0 Å². The lowest BCUT2D eigenvalue weighted by molar-refractivity contribution is 0.300. The van der Waals surface area contributed by atoms with Crippen LogP contribution in [0.4, 0.5) is 8.78 Å². The van der Waals surface area contributed by atoms with E-state index in [4.69, 9.17) is 15.7 Å². The highest BCUT2D eigenvalue weighted by atomic mass is 19.1. The molecule has 0 aliphatic carbocycles. The zero-order valence-corrected chi connectivity index (χ0v) is 11.4. The van der Waals surface area contributed by atoms with E-state index in [-0.39, 0.29) is 24.0 Å². The van der Waals surface area contributed by atoms with Crippen molar-refractivity contribution in [3.63, 3.8) is 0 Å². The van der Waals surface area contributed by atoms with Crippen LogP contribution in [0.2, 0.25) is 0 Å². The number of halogens is 2. The van der Waals surface area contributed by atoms with Crippen LogP contribution in [0.5, 0.6) is 5.75 Å². The number of nitriles is 1. The molecule has 0 heterocycles. The summed E-state index contributed by atoms with van der Waals surface area (Å²) in [5.74, 6) is -0.489. The van der Waals surface area contributed by atoms with E-state index >= 15 is 0 Å². The first kappa shape index (κ1) is 14.9. The van der Waals surface area contributed by atoms with E-state index in [0.29, 0.717) is 16.9 Å². The van der Waals surface area contributed by atoms with Crippen molar-refractivity contribution in [2.24, 2.45) is 5.73 Å². The third kappa shape index (κ3) is 3.56. The molecule has 21 heavy (non-hydrogen) atoms. The highest BCUT2D eigenvalue weighted by Gasteiger charge is 2.10. The molecule has 2 N–H and O–H groups in total. The summed E-state index contributed by atoms with van der Waals surface area (Å²) in [5.41, 5.74) is 6.94. The maximum absolute atomic E-state index is 13.2. The first-order chi connectivity index (χ1) is 10.0. The summed E-state index contributed by atoms with van der Waals surface area (Å²) in [6.07, 6.45) is 0. The lowest BCUT2D eigenvalue weighted by Gasteiger charge is -2.14. The van der Waals surface area contributed by atoms with Gasteiger partial charge in [0.05, 0.1) is 5.56 Å². The summed E-state index contributed by atoms with van der Waals surface area (Å²) in [4.78, 5) is 0. The molecule has 1 atom stereocenters. The maximum Gasteiger partial charge on any atom is 0.140 e. The molecule has 0 amide bonds. The van der Waals surface area contributed by atoms with Crippen LogP contribution >= 0.6 is 0 Å². The molecule has 2 rings (SSSR count). The van der Waals surface area contributed by atoms with Gasteiger partial charge in [-0.25, -0.2) is 8.78 Å². The van der Waals surface area contributed by atoms with Gasteiger partial charge in [-0.3, -0.25) is 0 Å². The Morgan fingerprint density at radius 1 is 1.24 bits per heavy atom. The van der Waals surface area contributed by atoms with Gasteiger partial charge in [0.1, 0.15) is 30.1 Å². The van der Waals surface area contributed by atoms with Gasteiger partial charge in [0.2, 0.25) is 0 Å². The summed E-state index contributed by atoms with van der Waals surface area (Å²) in [6, 6.07) is 9.68. The van der Waals surface area contributed by atoms with E-state index in [2.05, 4.69) is 0 Å². The van der Waals surface area contributed by atoms with Crippen LogP contribution in [0.3, 0.4) is 0 Å². The fourth-order valence-electron chi connectivity index (χ4n) is 1.92. The second-order valence-electron chi connectivity index (χ2n) is 4.69. The first-order valence-electron chi connectivity index (χ1n) is 6.37. The Kier molecular flexibility index (Phi) is 4.51. The normalized spacial score (nSPS) is 11.8. The summed E-state index contributed by atoms with van der Waals surface area (Å²) < 4.78 is 32.1. The van der Waals surface area contributed by atoms with E-state index in [9.17, 15) is 8.78 Å². The van der Waals surface area contributed by atoms with E-state index in [1.54, 1.807) is 13.0 Å². The lowest BCUT2D eigenvalue weighted by atomic mass is 10.1. The summed E-state index contributed by atoms with van der Waals surface area (Å²) in [7, 11) is 0. The average Bonchev–Trinajstić information content (AvgIpc) is 2.47. The van der Waals surface area contributed by atoms with Crippen molar-refractivity contribution in [1.29, 1.82) is 5.26 Å². The highest BCUT2D eigenvalue weighted by Crippen LogP contribution is 2.25. The Morgan fingerprint density at radius 2 is 2.00 bits per heavy atom. The SMILES string of the molecule is CC(N)c1cc(F)ccc1OCc1ccc(F)c(C#N)c1. The van der Waals surface area contributed by atoms with Crippen LogP contribution in [0, 0.1) is 23.0 Å². The number of rotatable bonds is 4. The van der Waals surface area contributed by atoms with Crippen LogP contribution in [0.1, 0.15) is 29.7 Å². The van der Waals surface area contributed by atoms with Crippen molar-refractivity contribution in [2.45, 2.75) is 19.6 Å². The van der Waals surface area contributed by atoms with Gasteiger partial charge in [-0.15, -0.1) is 0 Å². The van der Waals surface area contributed by atoms with Gasteiger partial charge in [0.15, 0.2) is 0 Å². The first-order valence-corrected chi connectivity index (χ1v) is 6.37. The molecule has 2 aromatic rings. The molecule has 0 aromatic heterocycles. The molecule has 3 nitrogen and oxygen atoms in total. The molecule has 0 spiro atoms. The predicted octanol–water partition coefficient (Wildman–Crippen LogP) is 3.44. The Labute approximate surface area is 121 Å². The van der Waals surface area contributed by atoms with Gasteiger partial charge in [-0.1, -0.05) is 6.07 Å². The number of benzene rings is 2. The number of nitrogens with zero attached hydrogens (tertiary/aromatic N) is 1. The molecule has 0 radical (unpaired) electrons. The van der Waals surface area contributed by atoms with E-state index in [1.807, 2.05) is 0 Å².